The summed E-state index contributed by atoms with van der Waals surface area (Å²) in [6.07, 6.45) is 4.43. The number of unbranched alkanes of at least 4 members (excludes halogenated alkanes) is 2. The van der Waals surface area contributed by atoms with Crippen LogP contribution in [-0.4, -0.2) is 25.2 Å². The highest BCUT2D eigenvalue weighted by Crippen LogP contribution is 2.16. The number of ether oxygens (including phenoxy) is 2. The molecule has 140 valence electrons. The van der Waals surface area contributed by atoms with E-state index in [1.165, 1.54) is 11.1 Å². The van der Waals surface area contributed by atoms with Gasteiger partial charge in [0.15, 0.2) is 0 Å². The molecule has 1 unspecified atom stereocenters. The van der Waals surface area contributed by atoms with Crippen LogP contribution in [0.1, 0.15) is 43.7 Å². The van der Waals surface area contributed by atoms with Gasteiger partial charge in [0, 0.05) is 0 Å². The van der Waals surface area contributed by atoms with Crippen molar-refractivity contribution < 1.29 is 14.3 Å². The molecular weight excluding hydrogens is 326 g/mol. The zero-order valence-corrected chi connectivity index (χ0v) is 15.5. The van der Waals surface area contributed by atoms with Gasteiger partial charge in [0.05, 0.1) is 13.2 Å². The molecule has 0 aliphatic carbocycles. The zero-order chi connectivity index (χ0) is 18.6. The van der Waals surface area contributed by atoms with Crippen LogP contribution in [0.4, 0.5) is 0 Å². The second-order valence-corrected chi connectivity index (χ2v) is 6.36. The van der Waals surface area contributed by atoms with Crippen molar-refractivity contribution in [2.24, 2.45) is 5.73 Å². The van der Waals surface area contributed by atoms with E-state index in [0.717, 1.165) is 31.4 Å². The SMILES string of the molecule is CCOC(=O)C(N)CCCCCOc1ccc(Cc2ccccc2)cc1. The zero-order valence-electron chi connectivity index (χ0n) is 15.5. The first-order valence-corrected chi connectivity index (χ1v) is 9.37. The van der Waals surface area contributed by atoms with Crippen molar-refractivity contribution in [3.63, 3.8) is 0 Å². The number of carbonyl (C=O) groups excluding carboxylic acids is 1. The van der Waals surface area contributed by atoms with Crippen molar-refractivity contribution in [2.75, 3.05) is 13.2 Å². The number of carbonyl (C=O) groups is 1. The maximum absolute atomic E-state index is 11.4. The number of benzene rings is 2. The third kappa shape index (κ3) is 7.28. The van der Waals surface area contributed by atoms with Crippen LogP contribution in [0.15, 0.2) is 54.6 Å². The summed E-state index contributed by atoms with van der Waals surface area (Å²) in [5.74, 6) is 0.587. The molecular formula is C22H29NO3. The second kappa shape index (κ2) is 11.3. The number of nitrogens with two attached hydrogens (primary N) is 1. The lowest BCUT2D eigenvalue weighted by atomic mass is 10.1. The third-order valence-corrected chi connectivity index (χ3v) is 4.19. The predicted octanol–water partition coefficient (Wildman–Crippen LogP) is 4.11. The summed E-state index contributed by atoms with van der Waals surface area (Å²) in [6.45, 7) is 2.84. The average Bonchev–Trinajstić information content (AvgIpc) is 2.66. The summed E-state index contributed by atoms with van der Waals surface area (Å²) in [4.78, 5) is 11.4. The molecule has 0 radical (unpaired) electrons. The van der Waals surface area contributed by atoms with Crippen LogP contribution in [0.3, 0.4) is 0 Å². The summed E-state index contributed by atoms with van der Waals surface area (Å²) < 4.78 is 10.7. The molecule has 0 aliphatic rings. The van der Waals surface area contributed by atoms with Gasteiger partial charge < -0.3 is 15.2 Å². The minimum absolute atomic E-state index is 0.306. The van der Waals surface area contributed by atoms with Gasteiger partial charge in [-0.05, 0) is 55.9 Å². The molecule has 0 saturated heterocycles. The smallest absolute Gasteiger partial charge is 0.322 e. The van der Waals surface area contributed by atoms with E-state index in [2.05, 4.69) is 36.4 Å². The Balaban J connectivity index is 1.60. The van der Waals surface area contributed by atoms with E-state index in [-0.39, 0.29) is 5.97 Å². The molecule has 2 rings (SSSR count). The lowest BCUT2D eigenvalue weighted by Crippen LogP contribution is -2.32. The van der Waals surface area contributed by atoms with Gasteiger partial charge in [-0.1, -0.05) is 48.9 Å². The van der Waals surface area contributed by atoms with E-state index in [1.54, 1.807) is 6.92 Å². The molecule has 1 atom stereocenters. The van der Waals surface area contributed by atoms with Crippen LogP contribution >= 0.6 is 0 Å². The van der Waals surface area contributed by atoms with Crippen LogP contribution < -0.4 is 10.5 Å². The molecule has 2 aromatic carbocycles. The van der Waals surface area contributed by atoms with Gasteiger partial charge in [-0.25, -0.2) is 0 Å². The first kappa shape index (κ1) is 20.0. The number of esters is 1. The number of hydrogen-bond acceptors (Lipinski definition) is 4. The summed E-state index contributed by atoms with van der Waals surface area (Å²) in [6, 6.07) is 18.2. The molecule has 0 aliphatic heterocycles. The average molecular weight is 355 g/mol. The molecule has 0 saturated carbocycles. The lowest BCUT2D eigenvalue weighted by molar-refractivity contribution is -0.144. The highest BCUT2D eigenvalue weighted by Gasteiger charge is 2.13. The molecule has 4 nitrogen and oxygen atoms in total. The molecule has 0 aromatic heterocycles. The van der Waals surface area contributed by atoms with Gasteiger partial charge in [-0.3, -0.25) is 4.79 Å². The highest BCUT2D eigenvalue weighted by atomic mass is 16.5. The maximum atomic E-state index is 11.4. The van der Waals surface area contributed by atoms with Crippen molar-refractivity contribution in [2.45, 2.75) is 45.1 Å². The summed E-state index contributed by atoms with van der Waals surface area (Å²) >= 11 is 0. The Kier molecular flexibility index (Phi) is 8.70. The van der Waals surface area contributed by atoms with Gasteiger partial charge >= 0.3 is 5.97 Å². The maximum Gasteiger partial charge on any atom is 0.322 e. The Bertz CT molecular complexity index is 640. The van der Waals surface area contributed by atoms with Gasteiger partial charge in [0.25, 0.3) is 0 Å². The quantitative estimate of drug-likeness (QED) is 0.487. The van der Waals surface area contributed by atoms with Gasteiger partial charge in [0.2, 0.25) is 0 Å². The fourth-order valence-electron chi connectivity index (χ4n) is 2.74. The third-order valence-electron chi connectivity index (χ3n) is 4.19. The number of hydrogen-bond donors (Lipinski definition) is 1. The van der Waals surface area contributed by atoms with Crippen LogP contribution in [0.2, 0.25) is 0 Å². The van der Waals surface area contributed by atoms with E-state index >= 15 is 0 Å². The molecule has 2 aromatic rings. The number of rotatable bonds is 11. The Morgan fingerprint density at radius 2 is 1.65 bits per heavy atom. The standard InChI is InChI=1S/C22H29NO3/c1-2-25-22(24)21(23)11-7-4-8-16-26-20-14-12-19(13-15-20)17-18-9-5-3-6-10-18/h3,5-6,9-10,12-15,21H,2,4,7-8,11,16-17,23H2,1H3. The van der Waals surface area contributed by atoms with E-state index < -0.39 is 6.04 Å². The topological polar surface area (TPSA) is 61.5 Å². The lowest BCUT2D eigenvalue weighted by Gasteiger charge is -2.10. The normalized spacial score (nSPS) is 11.8. The van der Waals surface area contributed by atoms with Crippen molar-refractivity contribution in [1.82, 2.24) is 0 Å². The van der Waals surface area contributed by atoms with Crippen molar-refractivity contribution in [3.8, 4) is 5.75 Å². The van der Waals surface area contributed by atoms with Crippen LogP contribution in [0.25, 0.3) is 0 Å². The first-order chi connectivity index (χ1) is 12.7. The molecule has 0 bridgehead atoms. The second-order valence-electron chi connectivity index (χ2n) is 6.36. The van der Waals surface area contributed by atoms with Crippen molar-refractivity contribution in [1.29, 1.82) is 0 Å². The van der Waals surface area contributed by atoms with Crippen LogP contribution in [0, 0.1) is 0 Å². The molecule has 0 heterocycles. The molecule has 0 fully saturated rings. The van der Waals surface area contributed by atoms with E-state index in [1.807, 2.05) is 18.2 Å². The van der Waals surface area contributed by atoms with Crippen LogP contribution in [0.5, 0.6) is 5.75 Å². The largest absolute Gasteiger partial charge is 0.494 e. The molecule has 0 spiro atoms. The Hall–Kier alpha value is -2.33. The minimum Gasteiger partial charge on any atom is -0.494 e. The molecule has 2 N–H and O–H groups in total. The van der Waals surface area contributed by atoms with E-state index in [4.69, 9.17) is 15.2 Å². The van der Waals surface area contributed by atoms with Gasteiger partial charge in [-0.2, -0.15) is 0 Å². The fraction of sp³-hybridized carbons (Fsp3) is 0.409. The molecule has 26 heavy (non-hydrogen) atoms. The fourth-order valence-corrected chi connectivity index (χ4v) is 2.74. The van der Waals surface area contributed by atoms with Crippen LogP contribution in [-0.2, 0) is 16.0 Å². The molecule has 4 heteroatoms. The van der Waals surface area contributed by atoms with Crippen molar-refractivity contribution in [3.05, 3.63) is 65.7 Å². The van der Waals surface area contributed by atoms with E-state index in [0.29, 0.717) is 19.6 Å². The van der Waals surface area contributed by atoms with Crippen molar-refractivity contribution >= 4 is 5.97 Å². The van der Waals surface area contributed by atoms with E-state index in [9.17, 15) is 4.79 Å². The summed E-state index contributed by atoms with van der Waals surface area (Å²) in [5, 5.41) is 0. The minimum atomic E-state index is -0.506. The van der Waals surface area contributed by atoms with Gasteiger partial charge in [0.1, 0.15) is 11.8 Å². The Morgan fingerprint density at radius 1 is 0.962 bits per heavy atom. The van der Waals surface area contributed by atoms with Gasteiger partial charge in [-0.15, -0.1) is 0 Å². The highest BCUT2D eigenvalue weighted by molar-refractivity contribution is 5.75. The molecule has 0 amide bonds. The Morgan fingerprint density at radius 3 is 2.35 bits per heavy atom. The predicted molar refractivity (Wildman–Crippen MR) is 104 cm³/mol. The Labute approximate surface area is 156 Å². The first-order valence-electron chi connectivity index (χ1n) is 9.37. The monoisotopic (exact) mass is 355 g/mol. The summed E-state index contributed by atoms with van der Waals surface area (Å²) in [7, 11) is 0. The summed E-state index contributed by atoms with van der Waals surface area (Å²) in [5.41, 5.74) is 8.35.